The zero-order chi connectivity index (χ0) is 67.9. The summed E-state index contributed by atoms with van der Waals surface area (Å²) in [4.78, 5) is 0. The van der Waals surface area contributed by atoms with Crippen LogP contribution >= 0.6 is 0 Å². The summed E-state index contributed by atoms with van der Waals surface area (Å²) in [7, 11) is 0. The van der Waals surface area contributed by atoms with Gasteiger partial charge in [-0.1, -0.05) is 75.4 Å². The molecule has 1 heterocycles. The van der Waals surface area contributed by atoms with Crippen molar-refractivity contribution in [2.24, 2.45) is 0 Å². The first-order chi connectivity index (χ1) is 42.2. The largest absolute Gasteiger partial charge is 0.417 e. The van der Waals surface area contributed by atoms with Crippen LogP contribution in [0.2, 0.25) is 0 Å². The monoisotopic (exact) mass is 1300 g/mol. The van der Waals surface area contributed by atoms with Crippen molar-refractivity contribution in [3.05, 3.63) is 218 Å². The molecule has 0 aliphatic carbocycles. The number of hydrogen-bond acceptors (Lipinski definition) is 0. The molecule has 0 unspecified atom stereocenters. The fourth-order valence-corrected chi connectivity index (χ4v) is 12.1. The van der Waals surface area contributed by atoms with E-state index in [9.17, 15) is 92.2 Å². The van der Waals surface area contributed by atoms with Gasteiger partial charge in [-0.2, -0.15) is 92.2 Å². The molecule has 0 radical (unpaired) electrons. The topological polar surface area (TPSA) is 4.93 Å². The predicted molar refractivity (Wildman–Crippen MR) is 311 cm³/mol. The molecule has 0 fully saturated rings. The van der Waals surface area contributed by atoms with Crippen molar-refractivity contribution >= 4 is 21.8 Å². The van der Waals surface area contributed by atoms with E-state index in [1.54, 1.807) is 48.5 Å². The Morgan fingerprint density at radius 1 is 0.250 bits per heavy atom. The minimum Gasteiger partial charge on any atom is -0.309 e. The summed E-state index contributed by atoms with van der Waals surface area (Å²) < 4.78 is 308. The molecule has 0 atom stereocenters. The molecule has 0 N–H and O–H groups in total. The molecule has 0 saturated heterocycles. The number of alkyl halides is 21. The van der Waals surface area contributed by atoms with E-state index in [0.29, 0.717) is 68.8 Å². The molecule has 1 aromatic heterocycles. The van der Waals surface area contributed by atoms with Gasteiger partial charge in [0, 0.05) is 16.5 Å². The molecule has 0 aliphatic rings. The van der Waals surface area contributed by atoms with E-state index >= 15 is 0 Å². The first-order valence-electron chi connectivity index (χ1n) is 27.8. The maximum absolute atomic E-state index is 14.7. The number of nitrogens with zero attached hydrogens (tertiary/aromatic N) is 1. The highest BCUT2D eigenvalue weighted by atomic mass is 19.4. The van der Waals surface area contributed by atoms with Gasteiger partial charge in [0.2, 0.25) is 0 Å². The standard InChI is InChI=1S/C70H48F21N/c1-33-17-40(18-34(2)37(33)5)45-21-43(22-46(25-45)41-19-35(3)60(68(83,84)85)53(29-41)64(71,72)73)38-13-15-57-50(27-38)51-28-39(14-16-58(51)92(57)59-12-10-9-11-52(59)63(6,7)8)44-23-47(42-20-36(4)61(69(86,87)88)54(30-42)65(74,75)76)26-48(24-44)49-31-55(66(77,78)79)62(70(89,90)91)56(32-49)67(80,81)82/h9-32H,1-8H3. The molecule has 22 heteroatoms. The van der Waals surface area contributed by atoms with Crippen LogP contribution in [0.15, 0.2) is 146 Å². The van der Waals surface area contributed by atoms with Crippen molar-refractivity contribution < 1.29 is 92.2 Å². The Morgan fingerprint density at radius 2 is 0.522 bits per heavy atom. The summed E-state index contributed by atoms with van der Waals surface area (Å²) in [5.41, 5.74) is -16.1. The van der Waals surface area contributed by atoms with Gasteiger partial charge in [0.1, 0.15) is 0 Å². The maximum Gasteiger partial charge on any atom is 0.417 e. The third-order valence-electron chi connectivity index (χ3n) is 16.4. The van der Waals surface area contributed by atoms with Crippen molar-refractivity contribution in [3.8, 4) is 72.4 Å². The predicted octanol–water partition coefficient (Wildman–Crippen LogP) is 24.8. The number of aryl methyl sites for hydroxylation is 4. The van der Waals surface area contributed by atoms with E-state index in [-0.39, 0.29) is 40.5 Å². The normalized spacial score (nSPS) is 13.3. The molecule has 0 saturated carbocycles. The Hall–Kier alpha value is -8.69. The highest BCUT2D eigenvalue weighted by Gasteiger charge is 2.51. The number of halogens is 21. The van der Waals surface area contributed by atoms with Gasteiger partial charge < -0.3 is 4.57 Å². The molecule has 0 bridgehead atoms. The second-order valence-corrected chi connectivity index (χ2v) is 23.8. The minimum atomic E-state index is -6.26. The molecule has 10 aromatic rings. The van der Waals surface area contributed by atoms with E-state index in [1.165, 1.54) is 24.3 Å². The molecule has 92 heavy (non-hydrogen) atoms. The average Bonchev–Trinajstić information content (AvgIpc) is 1.54. The van der Waals surface area contributed by atoms with Crippen LogP contribution in [0.1, 0.15) is 93.1 Å². The van der Waals surface area contributed by atoms with Crippen LogP contribution in [-0.4, -0.2) is 4.57 Å². The van der Waals surface area contributed by atoms with Gasteiger partial charge in [-0.15, -0.1) is 0 Å². The lowest BCUT2D eigenvalue weighted by atomic mass is 9.85. The van der Waals surface area contributed by atoms with Crippen LogP contribution in [0.5, 0.6) is 0 Å². The Kier molecular flexibility index (Phi) is 16.0. The van der Waals surface area contributed by atoms with Gasteiger partial charge in [-0.3, -0.25) is 0 Å². The van der Waals surface area contributed by atoms with Crippen molar-refractivity contribution in [2.45, 2.75) is 104 Å². The summed E-state index contributed by atoms with van der Waals surface area (Å²) in [6.07, 6.45) is -40.7. The van der Waals surface area contributed by atoms with Gasteiger partial charge >= 0.3 is 43.2 Å². The molecular weight excluding hydrogens is 1250 g/mol. The summed E-state index contributed by atoms with van der Waals surface area (Å²) in [6, 6.07) is 29.5. The number of aromatic nitrogens is 1. The lowest BCUT2D eigenvalue weighted by Crippen LogP contribution is -2.23. The fraction of sp³-hybridized carbons (Fsp3) is 0.229. The third-order valence-corrected chi connectivity index (χ3v) is 16.4. The van der Waals surface area contributed by atoms with Gasteiger partial charge in [-0.05, 0) is 231 Å². The van der Waals surface area contributed by atoms with E-state index in [1.807, 2.05) is 64.3 Å². The van der Waals surface area contributed by atoms with E-state index in [4.69, 9.17) is 0 Å². The second kappa shape index (κ2) is 22.3. The molecule has 480 valence electrons. The van der Waals surface area contributed by atoms with E-state index < -0.39 is 121 Å². The third kappa shape index (κ3) is 12.6. The van der Waals surface area contributed by atoms with Crippen LogP contribution in [0.3, 0.4) is 0 Å². The highest BCUT2D eigenvalue weighted by Crippen LogP contribution is 2.52. The first kappa shape index (κ1) is 66.2. The van der Waals surface area contributed by atoms with Crippen LogP contribution in [0.25, 0.3) is 94.3 Å². The van der Waals surface area contributed by atoms with E-state index in [0.717, 1.165) is 53.4 Å². The summed E-state index contributed by atoms with van der Waals surface area (Å²) >= 11 is 0. The van der Waals surface area contributed by atoms with Gasteiger partial charge in [0.25, 0.3) is 0 Å². The Balaban J connectivity index is 1.30. The lowest BCUT2D eigenvalue weighted by molar-refractivity contribution is -0.174. The Bertz CT molecular complexity index is 4550. The summed E-state index contributed by atoms with van der Waals surface area (Å²) in [5.74, 6) is 0. The second-order valence-electron chi connectivity index (χ2n) is 23.8. The molecule has 0 spiro atoms. The number of hydrogen-bond donors (Lipinski definition) is 0. The van der Waals surface area contributed by atoms with Crippen LogP contribution in [0, 0.1) is 34.6 Å². The van der Waals surface area contributed by atoms with Crippen LogP contribution in [-0.2, 0) is 48.6 Å². The van der Waals surface area contributed by atoms with Crippen molar-refractivity contribution in [1.29, 1.82) is 0 Å². The summed E-state index contributed by atoms with van der Waals surface area (Å²) in [6.45, 7) is 12.9. The molecular formula is C70H48F21N. The number of para-hydroxylation sites is 1. The number of benzene rings is 9. The van der Waals surface area contributed by atoms with Gasteiger partial charge in [-0.25, -0.2) is 0 Å². The maximum atomic E-state index is 14.7. The Morgan fingerprint density at radius 3 is 0.837 bits per heavy atom. The van der Waals surface area contributed by atoms with E-state index in [2.05, 4.69) is 0 Å². The zero-order valence-electron chi connectivity index (χ0n) is 49.2. The molecule has 9 aromatic carbocycles. The summed E-state index contributed by atoms with van der Waals surface area (Å²) in [5, 5.41) is 0.682. The van der Waals surface area contributed by atoms with Gasteiger partial charge in [0.15, 0.2) is 0 Å². The fourth-order valence-electron chi connectivity index (χ4n) is 12.1. The Labute approximate surface area is 511 Å². The van der Waals surface area contributed by atoms with Crippen molar-refractivity contribution in [3.63, 3.8) is 0 Å². The first-order valence-corrected chi connectivity index (χ1v) is 27.8. The molecule has 1 nitrogen and oxygen atoms in total. The zero-order valence-corrected chi connectivity index (χ0v) is 49.2. The smallest absolute Gasteiger partial charge is 0.309 e. The number of rotatable bonds is 7. The minimum absolute atomic E-state index is 0.000348. The molecule has 0 aliphatic heterocycles. The SMILES string of the molecule is Cc1cc(-c2cc(-c3cc(C)c(C(F)(F)F)c(C(F)(F)F)c3)cc(-c3ccc4c(c3)c3cc(-c5cc(-c6cc(C)c(C(F)(F)F)c(C(F)(F)F)c6)cc(-c6cc(C(F)(F)F)c(C(F)(F)F)c(C(F)(F)F)c6)c5)ccc3n4-c3ccccc3C(C)(C)C)c2)cc(C)c1C. The highest BCUT2D eigenvalue weighted by molar-refractivity contribution is 6.12. The quantitative estimate of drug-likeness (QED) is 0.140. The van der Waals surface area contributed by atoms with Crippen LogP contribution in [0.4, 0.5) is 92.2 Å². The molecule has 10 rings (SSSR count). The van der Waals surface area contributed by atoms with Crippen molar-refractivity contribution in [2.75, 3.05) is 0 Å². The molecule has 0 amide bonds. The van der Waals surface area contributed by atoms with Crippen molar-refractivity contribution in [1.82, 2.24) is 4.57 Å². The van der Waals surface area contributed by atoms with Crippen LogP contribution < -0.4 is 0 Å². The lowest BCUT2D eigenvalue weighted by Gasteiger charge is -2.24. The van der Waals surface area contributed by atoms with Gasteiger partial charge in [0.05, 0.1) is 50.0 Å². The average molecular weight is 1300 g/mol. The number of fused-ring (bicyclic) bond motifs is 3.